The topological polar surface area (TPSA) is 58.6 Å². The van der Waals surface area contributed by atoms with Crippen molar-refractivity contribution in [3.63, 3.8) is 0 Å². The van der Waals surface area contributed by atoms with Gasteiger partial charge in [-0.05, 0) is 36.6 Å². The second kappa shape index (κ2) is 6.39. The first kappa shape index (κ1) is 14.3. The quantitative estimate of drug-likeness (QED) is 0.872. The standard InChI is InChI=1S/C14H18BrNO3/c1-19-10-6-7-12(15)11(8-10)13(14(17)18)16-9-4-2-3-5-9/h6-9,13,16H,2-5H2,1H3,(H,17,18). The maximum atomic E-state index is 11.5. The molecule has 2 N–H and O–H groups in total. The van der Waals surface area contributed by atoms with Crippen LogP contribution in [0.25, 0.3) is 0 Å². The average Bonchev–Trinajstić information content (AvgIpc) is 2.89. The highest BCUT2D eigenvalue weighted by Gasteiger charge is 2.27. The zero-order chi connectivity index (χ0) is 13.8. The zero-order valence-corrected chi connectivity index (χ0v) is 12.4. The lowest BCUT2D eigenvalue weighted by Gasteiger charge is -2.21. The molecular formula is C14H18BrNO3. The van der Waals surface area contributed by atoms with Gasteiger partial charge in [0.2, 0.25) is 0 Å². The Balaban J connectivity index is 2.24. The van der Waals surface area contributed by atoms with Crippen LogP contribution in [0, 0.1) is 0 Å². The third kappa shape index (κ3) is 3.48. The van der Waals surface area contributed by atoms with Crippen molar-refractivity contribution in [2.24, 2.45) is 0 Å². The number of carboxylic acid groups (broad SMARTS) is 1. The Bertz CT molecular complexity index is 458. The molecule has 104 valence electrons. The van der Waals surface area contributed by atoms with Crippen LogP contribution in [-0.4, -0.2) is 24.2 Å². The summed E-state index contributed by atoms with van der Waals surface area (Å²) in [6, 6.07) is 4.99. The molecule has 2 rings (SSSR count). The molecular weight excluding hydrogens is 310 g/mol. The minimum Gasteiger partial charge on any atom is -0.497 e. The molecule has 0 spiro atoms. The van der Waals surface area contributed by atoms with Gasteiger partial charge in [0.25, 0.3) is 0 Å². The van der Waals surface area contributed by atoms with Gasteiger partial charge in [-0.1, -0.05) is 28.8 Å². The molecule has 4 nitrogen and oxygen atoms in total. The largest absolute Gasteiger partial charge is 0.497 e. The van der Waals surface area contributed by atoms with Gasteiger partial charge < -0.3 is 9.84 Å². The van der Waals surface area contributed by atoms with Crippen molar-refractivity contribution >= 4 is 21.9 Å². The fraction of sp³-hybridized carbons (Fsp3) is 0.500. The minimum absolute atomic E-state index is 0.291. The van der Waals surface area contributed by atoms with Crippen LogP contribution in [0.2, 0.25) is 0 Å². The predicted molar refractivity (Wildman–Crippen MR) is 76.5 cm³/mol. The lowest BCUT2D eigenvalue weighted by atomic mass is 10.0. The van der Waals surface area contributed by atoms with E-state index in [0.29, 0.717) is 17.4 Å². The van der Waals surface area contributed by atoms with Gasteiger partial charge in [-0.15, -0.1) is 0 Å². The van der Waals surface area contributed by atoms with Crippen LogP contribution in [0.1, 0.15) is 37.3 Å². The molecule has 0 amide bonds. The number of hydrogen-bond acceptors (Lipinski definition) is 3. The Kier molecular flexibility index (Phi) is 4.82. The molecule has 0 bridgehead atoms. The summed E-state index contributed by atoms with van der Waals surface area (Å²) in [5, 5.41) is 12.7. The van der Waals surface area contributed by atoms with Gasteiger partial charge in [-0.3, -0.25) is 10.1 Å². The molecule has 5 heteroatoms. The van der Waals surface area contributed by atoms with Crippen molar-refractivity contribution in [2.75, 3.05) is 7.11 Å². The van der Waals surface area contributed by atoms with E-state index in [1.807, 2.05) is 12.1 Å². The van der Waals surface area contributed by atoms with Crippen LogP contribution in [0.5, 0.6) is 5.75 Å². The van der Waals surface area contributed by atoms with Crippen molar-refractivity contribution in [1.82, 2.24) is 5.32 Å². The van der Waals surface area contributed by atoms with Crippen molar-refractivity contribution in [3.05, 3.63) is 28.2 Å². The number of ether oxygens (including phenoxy) is 1. The molecule has 1 atom stereocenters. The molecule has 0 radical (unpaired) electrons. The van der Waals surface area contributed by atoms with E-state index in [-0.39, 0.29) is 0 Å². The Hall–Kier alpha value is -1.07. The average molecular weight is 328 g/mol. The van der Waals surface area contributed by atoms with Crippen molar-refractivity contribution in [2.45, 2.75) is 37.8 Å². The lowest BCUT2D eigenvalue weighted by molar-refractivity contribution is -0.139. The molecule has 0 heterocycles. The number of rotatable bonds is 5. The summed E-state index contributed by atoms with van der Waals surface area (Å²) < 4.78 is 5.95. The number of carboxylic acids is 1. The van der Waals surface area contributed by atoms with E-state index in [0.717, 1.165) is 17.3 Å². The van der Waals surface area contributed by atoms with Crippen LogP contribution in [0.4, 0.5) is 0 Å². The first-order valence-corrected chi connectivity index (χ1v) is 7.23. The Morgan fingerprint density at radius 3 is 2.74 bits per heavy atom. The van der Waals surface area contributed by atoms with Crippen molar-refractivity contribution < 1.29 is 14.6 Å². The summed E-state index contributed by atoms with van der Waals surface area (Å²) in [6.07, 6.45) is 4.43. The maximum Gasteiger partial charge on any atom is 0.325 e. The van der Waals surface area contributed by atoms with Crippen LogP contribution < -0.4 is 10.1 Å². The number of benzene rings is 1. The van der Waals surface area contributed by atoms with Gasteiger partial charge >= 0.3 is 5.97 Å². The molecule has 1 aromatic carbocycles. The molecule has 1 unspecified atom stereocenters. The number of halogens is 1. The molecule has 1 aromatic rings. The Morgan fingerprint density at radius 1 is 1.47 bits per heavy atom. The summed E-state index contributed by atoms with van der Waals surface area (Å²) in [6.45, 7) is 0. The van der Waals surface area contributed by atoms with Gasteiger partial charge in [0, 0.05) is 10.5 Å². The SMILES string of the molecule is COc1ccc(Br)c(C(NC2CCCC2)C(=O)O)c1. The predicted octanol–water partition coefficient (Wildman–Crippen LogP) is 3.12. The van der Waals surface area contributed by atoms with E-state index in [9.17, 15) is 9.90 Å². The number of methoxy groups -OCH3 is 1. The van der Waals surface area contributed by atoms with Gasteiger partial charge in [0.1, 0.15) is 11.8 Å². The second-order valence-corrected chi connectivity index (χ2v) is 5.66. The highest BCUT2D eigenvalue weighted by Crippen LogP contribution is 2.30. The minimum atomic E-state index is -0.860. The van der Waals surface area contributed by atoms with Gasteiger partial charge in [0.15, 0.2) is 0 Å². The number of hydrogen-bond donors (Lipinski definition) is 2. The molecule has 0 aliphatic heterocycles. The van der Waals surface area contributed by atoms with E-state index in [4.69, 9.17) is 4.74 Å². The van der Waals surface area contributed by atoms with Gasteiger partial charge in [-0.25, -0.2) is 0 Å². The zero-order valence-electron chi connectivity index (χ0n) is 10.9. The summed E-state index contributed by atoms with van der Waals surface area (Å²) in [5.41, 5.74) is 0.707. The highest BCUT2D eigenvalue weighted by molar-refractivity contribution is 9.10. The monoisotopic (exact) mass is 327 g/mol. The van der Waals surface area contributed by atoms with Crippen molar-refractivity contribution in [3.8, 4) is 5.75 Å². The Labute approximate surface area is 121 Å². The number of nitrogens with one attached hydrogen (secondary N) is 1. The normalized spacial score (nSPS) is 17.4. The van der Waals surface area contributed by atoms with Crippen LogP contribution in [0.3, 0.4) is 0 Å². The molecule has 0 aromatic heterocycles. The molecule has 19 heavy (non-hydrogen) atoms. The van der Waals surface area contributed by atoms with E-state index in [1.165, 1.54) is 12.8 Å². The third-order valence-electron chi connectivity index (χ3n) is 3.52. The fourth-order valence-corrected chi connectivity index (χ4v) is 2.97. The van der Waals surface area contributed by atoms with Crippen LogP contribution >= 0.6 is 15.9 Å². The first-order chi connectivity index (χ1) is 9.11. The summed E-state index contributed by atoms with van der Waals surface area (Å²) in [7, 11) is 1.58. The number of aliphatic carboxylic acids is 1. The van der Waals surface area contributed by atoms with Crippen LogP contribution in [-0.2, 0) is 4.79 Å². The summed E-state index contributed by atoms with van der Waals surface area (Å²) >= 11 is 3.42. The lowest BCUT2D eigenvalue weighted by Crippen LogP contribution is -2.35. The number of carbonyl (C=O) groups is 1. The van der Waals surface area contributed by atoms with E-state index < -0.39 is 12.0 Å². The van der Waals surface area contributed by atoms with Gasteiger partial charge in [0.05, 0.1) is 7.11 Å². The summed E-state index contributed by atoms with van der Waals surface area (Å²) in [4.78, 5) is 11.5. The summed E-state index contributed by atoms with van der Waals surface area (Å²) in [5.74, 6) is -0.196. The van der Waals surface area contributed by atoms with Gasteiger partial charge in [-0.2, -0.15) is 0 Å². The van der Waals surface area contributed by atoms with E-state index >= 15 is 0 Å². The van der Waals surface area contributed by atoms with E-state index in [2.05, 4.69) is 21.2 Å². The van der Waals surface area contributed by atoms with E-state index in [1.54, 1.807) is 13.2 Å². The molecule has 1 saturated carbocycles. The van der Waals surface area contributed by atoms with Crippen molar-refractivity contribution in [1.29, 1.82) is 0 Å². The van der Waals surface area contributed by atoms with Crippen LogP contribution in [0.15, 0.2) is 22.7 Å². The highest BCUT2D eigenvalue weighted by atomic mass is 79.9. The molecule has 0 saturated heterocycles. The second-order valence-electron chi connectivity index (χ2n) is 4.81. The third-order valence-corrected chi connectivity index (χ3v) is 4.24. The molecule has 1 aliphatic carbocycles. The first-order valence-electron chi connectivity index (χ1n) is 6.44. The molecule has 1 aliphatic rings. The maximum absolute atomic E-state index is 11.5. The smallest absolute Gasteiger partial charge is 0.325 e. The Morgan fingerprint density at radius 2 is 2.16 bits per heavy atom. The molecule has 1 fully saturated rings. The fourth-order valence-electron chi connectivity index (χ4n) is 2.49.